The van der Waals surface area contributed by atoms with Crippen molar-refractivity contribution >= 4 is 98.1 Å². The topological polar surface area (TPSA) is 48.8 Å². The van der Waals surface area contributed by atoms with Gasteiger partial charge in [0, 0.05) is 48.7 Å². The fraction of sp³-hybridized carbons (Fsp3) is 0. The molecule has 0 fully saturated rings. The molecule has 0 unspecified atom stereocenters. The Kier molecular flexibility index (Phi) is 6.10. The lowest BCUT2D eigenvalue weighted by atomic mass is 9.99. The van der Waals surface area contributed by atoms with Gasteiger partial charge in [0.1, 0.15) is 11.3 Å². The summed E-state index contributed by atoms with van der Waals surface area (Å²) in [6.45, 7) is 0. The standard InChI is InChI=1S/C52H30N4O/c1-2-15-31(16-3-1)46-52(54-48-38-23-7-5-18-33(38)32-17-4-6-22-37(32)47(48)53-46)56-43-26-12-9-20-35(43)40-30-29-39-34-19-8-11-25-42(34)55(49(39)50(40)56)44-27-14-24-41-36-21-10-13-28-45(36)57-51(41)44/h1-30H. The molecule has 0 saturated carbocycles. The van der Waals surface area contributed by atoms with Gasteiger partial charge in [-0.3, -0.25) is 4.57 Å². The minimum absolute atomic E-state index is 0.784. The van der Waals surface area contributed by atoms with Crippen molar-refractivity contribution in [2.75, 3.05) is 0 Å². The Hall–Kier alpha value is -7.76. The van der Waals surface area contributed by atoms with Gasteiger partial charge in [-0.1, -0.05) is 158 Å². The molecule has 57 heavy (non-hydrogen) atoms. The molecule has 0 saturated heterocycles. The monoisotopic (exact) mass is 726 g/mol. The quantitative estimate of drug-likeness (QED) is 0.170. The first kappa shape index (κ1) is 30.6. The van der Waals surface area contributed by atoms with Gasteiger partial charge in [-0.05, 0) is 35.0 Å². The fourth-order valence-electron chi connectivity index (χ4n) is 9.48. The Morgan fingerprint density at radius 3 is 1.54 bits per heavy atom. The molecule has 0 atom stereocenters. The molecule has 0 bridgehead atoms. The molecule has 13 rings (SSSR count). The molecule has 0 radical (unpaired) electrons. The summed E-state index contributed by atoms with van der Waals surface area (Å²) >= 11 is 0. The van der Waals surface area contributed by atoms with E-state index in [0.717, 1.165) is 110 Å². The average Bonchev–Trinajstić information content (AvgIpc) is 3.94. The van der Waals surface area contributed by atoms with E-state index >= 15 is 0 Å². The zero-order valence-electron chi connectivity index (χ0n) is 30.5. The molecule has 4 aromatic heterocycles. The Morgan fingerprint density at radius 2 is 0.860 bits per heavy atom. The third-order valence-corrected chi connectivity index (χ3v) is 11.9. The van der Waals surface area contributed by atoms with E-state index in [4.69, 9.17) is 14.4 Å². The summed E-state index contributed by atoms with van der Waals surface area (Å²) < 4.78 is 11.5. The number of fused-ring (bicyclic) bond motifs is 16. The lowest BCUT2D eigenvalue weighted by molar-refractivity contribution is 0.666. The SMILES string of the molecule is c1ccc(-c2nc3c4ccccc4c4ccccc4c3nc2-n2c3ccccc3c3ccc4c5ccccc5n(-c5cccc6c5oc5ccccc56)c4c32)cc1. The van der Waals surface area contributed by atoms with Gasteiger partial charge < -0.3 is 8.98 Å². The number of hydrogen-bond donors (Lipinski definition) is 0. The van der Waals surface area contributed by atoms with Crippen molar-refractivity contribution in [2.45, 2.75) is 0 Å². The van der Waals surface area contributed by atoms with Crippen molar-refractivity contribution in [3.05, 3.63) is 182 Å². The van der Waals surface area contributed by atoms with Crippen LogP contribution < -0.4 is 0 Å². The number of hydrogen-bond acceptors (Lipinski definition) is 3. The first-order chi connectivity index (χ1) is 28.3. The molecule has 0 aliphatic heterocycles. The number of rotatable bonds is 3. The van der Waals surface area contributed by atoms with Crippen molar-refractivity contribution in [2.24, 2.45) is 0 Å². The van der Waals surface area contributed by atoms with Gasteiger partial charge in [0.2, 0.25) is 0 Å². The molecule has 5 heteroatoms. The van der Waals surface area contributed by atoms with Crippen molar-refractivity contribution < 1.29 is 4.42 Å². The highest BCUT2D eigenvalue weighted by molar-refractivity contribution is 6.26. The van der Waals surface area contributed by atoms with E-state index in [9.17, 15) is 0 Å². The minimum Gasteiger partial charge on any atom is -0.454 e. The summed E-state index contributed by atoms with van der Waals surface area (Å²) in [5.41, 5.74) is 10.6. The largest absolute Gasteiger partial charge is 0.454 e. The summed E-state index contributed by atoms with van der Waals surface area (Å²) in [7, 11) is 0. The fourth-order valence-corrected chi connectivity index (χ4v) is 9.48. The van der Waals surface area contributed by atoms with E-state index in [2.05, 4.69) is 185 Å². The number of aromatic nitrogens is 4. The van der Waals surface area contributed by atoms with Gasteiger partial charge in [0.15, 0.2) is 11.4 Å². The van der Waals surface area contributed by atoms with E-state index in [1.807, 2.05) is 6.07 Å². The molecular formula is C52H30N4O. The van der Waals surface area contributed by atoms with Gasteiger partial charge in [-0.15, -0.1) is 0 Å². The highest BCUT2D eigenvalue weighted by Gasteiger charge is 2.26. The third kappa shape index (κ3) is 4.12. The maximum atomic E-state index is 6.74. The smallest absolute Gasteiger partial charge is 0.165 e. The van der Waals surface area contributed by atoms with E-state index in [1.165, 1.54) is 10.8 Å². The maximum absolute atomic E-state index is 6.74. The van der Waals surface area contributed by atoms with Crippen LogP contribution in [0.2, 0.25) is 0 Å². The van der Waals surface area contributed by atoms with Crippen LogP contribution in [0.5, 0.6) is 0 Å². The van der Waals surface area contributed by atoms with E-state index in [0.29, 0.717) is 0 Å². The molecular weight excluding hydrogens is 697 g/mol. The minimum atomic E-state index is 0.784. The molecule has 0 amide bonds. The van der Waals surface area contributed by atoms with Gasteiger partial charge in [-0.25, -0.2) is 9.97 Å². The van der Waals surface area contributed by atoms with Crippen LogP contribution in [-0.4, -0.2) is 19.1 Å². The van der Waals surface area contributed by atoms with Crippen LogP contribution in [0, 0.1) is 0 Å². The molecule has 5 nitrogen and oxygen atoms in total. The van der Waals surface area contributed by atoms with Gasteiger partial charge in [-0.2, -0.15) is 0 Å². The van der Waals surface area contributed by atoms with Crippen LogP contribution >= 0.6 is 0 Å². The predicted octanol–water partition coefficient (Wildman–Crippen LogP) is 13.7. The summed E-state index contributed by atoms with van der Waals surface area (Å²) in [5, 5.41) is 11.3. The molecule has 9 aromatic carbocycles. The molecule has 4 heterocycles. The summed E-state index contributed by atoms with van der Waals surface area (Å²) in [4.78, 5) is 11.4. The zero-order valence-corrected chi connectivity index (χ0v) is 30.5. The van der Waals surface area contributed by atoms with Crippen molar-refractivity contribution in [3.8, 4) is 22.8 Å². The van der Waals surface area contributed by atoms with Crippen LogP contribution in [0.3, 0.4) is 0 Å². The van der Waals surface area contributed by atoms with E-state index in [1.54, 1.807) is 0 Å². The summed E-state index contributed by atoms with van der Waals surface area (Å²) in [6.07, 6.45) is 0. The summed E-state index contributed by atoms with van der Waals surface area (Å²) in [5.74, 6) is 0.784. The highest BCUT2D eigenvalue weighted by atomic mass is 16.3. The first-order valence-electron chi connectivity index (χ1n) is 19.3. The molecule has 0 N–H and O–H groups in total. The lowest BCUT2D eigenvalue weighted by Gasteiger charge is -2.17. The second kappa shape index (κ2) is 11.4. The van der Waals surface area contributed by atoms with E-state index in [-0.39, 0.29) is 0 Å². The van der Waals surface area contributed by atoms with Crippen LogP contribution in [0.4, 0.5) is 0 Å². The van der Waals surface area contributed by atoms with Gasteiger partial charge in [0.05, 0.1) is 38.8 Å². The first-order valence-corrected chi connectivity index (χ1v) is 19.3. The second-order valence-corrected chi connectivity index (χ2v) is 14.9. The third-order valence-electron chi connectivity index (χ3n) is 11.9. The normalized spacial score (nSPS) is 12.2. The molecule has 0 aliphatic rings. The highest BCUT2D eigenvalue weighted by Crippen LogP contribution is 2.45. The lowest BCUT2D eigenvalue weighted by Crippen LogP contribution is -2.05. The van der Waals surface area contributed by atoms with Crippen LogP contribution in [0.1, 0.15) is 0 Å². The predicted molar refractivity (Wildman–Crippen MR) is 236 cm³/mol. The average molecular weight is 727 g/mol. The number of benzene rings is 9. The van der Waals surface area contributed by atoms with Crippen LogP contribution in [0.25, 0.3) is 121 Å². The number of furan rings is 1. The van der Waals surface area contributed by atoms with Crippen molar-refractivity contribution in [1.82, 2.24) is 19.1 Å². The Morgan fingerprint density at radius 1 is 0.351 bits per heavy atom. The molecule has 0 spiro atoms. The van der Waals surface area contributed by atoms with Crippen LogP contribution in [0.15, 0.2) is 186 Å². The zero-order chi connectivity index (χ0) is 37.2. The second-order valence-electron chi connectivity index (χ2n) is 14.9. The number of nitrogens with zero attached hydrogens (tertiary/aromatic N) is 4. The van der Waals surface area contributed by atoms with Gasteiger partial charge >= 0.3 is 0 Å². The number of para-hydroxylation sites is 4. The molecule has 0 aliphatic carbocycles. The summed E-state index contributed by atoms with van der Waals surface area (Å²) in [6, 6.07) is 64.5. The van der Waals surface area contributed by atoms with Gasteiger partial charge in [0.25, 0.3) is 0 Å². The maximum Gasteiger partial charge on any atom is 0.165 e. The van der Waals surface area contributed by atoms with Crippen molar-refractivity contribution in [1.29, 1.82) is 0 Å². The van der Waals surface area contributed by atoms with Crippen molar-refractivity contribution in [3.63, 3.8) is 0 Å². The van der Waals surface area contributed by atoms with Crippen LogP contribution in [-0.2, 0) is 0 Å². The Balaban J connectivity index is 1.27. The Labute approximate surface area is 325 Å². The van der Waals surface area contributed by atoms with E-state index < -0.39 is 0 Å². The molecule has 13 aromatic rings. The Bertz CT molecular complexity index is 3810. The molecule has 264 valence electrons.